The van der Waals surface area contributed by atoms with Crippen LogP contribution in [0.4, 0.5) is 16.2 Å². The Morgan fingerprint density at radius 1 is 1.11 bits per heavy atom. The standard InChI is InChI=1S/C23H29N3O2/c1-15-7-6-8-17(13-15)16(2)26-20-11-10-19(14-18(20)9-12-21(26)27)24-22(28)25-23(3,4)5/h6-8,10-11,13-14,16H,9,12H2,1-5H3,(H2,24,25,28)/t16-/m0/s1. The Hall–Kier alpha value is -2.82. The molecule has 2 N–H and O–H groups in total. The summed E-state index contributed by atoms with van der Waals surface area (Å²) in [7, 11) is 0. The molecule has 0 bridgehead atoms. The molecular formula is C23H29N3O2. The van der Waals surface area contributed by atoms with Crippen molar-refractivity contribution in [3.8, 4) is 0 Å². The summed E-state index contributed by atoms with van der Waals surface area (Å²) in [6, 6.07) is 13.8. The molecule has 2 aromatic rings. The number of urea groups is 1. The molecule has 148 valence electrons. The van der Waals surface area contributed by atoms with Crippen LogP contribution in [0.1, 0.15) is 56.8 Å². The highest BCUT2D eigenvalue weighted by molar-refractivity contribution is 5.98. The fraction of sp³-hybridized carbons (Fsp3) is 0.391. The molecule has 1 aliphatic rings. The second-order valence-electron chi connectivity index (χ2n) is 8.53. The molecule has 3 amide bonds. The summed E-state index contributed by atoms with van der Waals surface area (Å²) in [5.74, 6) is 0.132. The zero-order valence-corrected chi connectivity index (χ0v) is 17.3. The van der Waals surface area contributed by atoms with E-state index in [2.05, 4.69) is 42.7 Å². The average molecular weight is 380 g/mol. The smallest absolute Gasteiger partial charge is 0.319 e. The lowest BCUT2D eigenvalue weighted by Crippen LogP contribution is -2.43. The minimum absolute atomic E-state index is 0.0468. The predicted octanol–water partition coefficient (Wildman–Crippen LogP) is 4.96. The Bertz CT molecular complexity index is 899. The highest BCUT2D eigenvalue weighted by atomic mass is 16.2. The van der Waals surface area contributed by atoms with E-state index in [9.17, 15) is 9.59 Å². The van der Waals surface area contributed by atoms with Gasteiger partial charge in [-0.15, -0.1) is 0 Å². The summed E-state index contributed by atoms with van der Waals surface area (Å²) in [4.78, 5) is 26.8. The maximum absolute atomic E-state index is 12.7. The molecule has 5 heteroatoms. The van der Waals surface area contributed by atoms with Crippen LogP contribution < -0.4 is 15.5 Å². The van der Waals surface area contributed by atoms with E-state index in [4.69, 9.17) is 0 Å². The largest absolute Gasteiger partial charge is 0.333 e. The van der Waals surface area contributed by atoms with Gasteiger partial charge >= 0.3 is 6.03 Å². The fourth-order valence-corrected chi connectivity index (χ4v) is 3.60. The van der Waals surface area contributed by atoms with E-state index >= 15 is 0 Å². The summed E-state index contributed by atoms with van der Waals surface area (Å²) < 4.78 is 0. The molecule has 0 unspecified atom stereocenters. The van der Waals surface area contributed by atoms with Gasteiger partial charge < -0.3 is 15.5 Å². The molecule has 0 aliphatic carbocycles. The number of nitrogens with one attached hydrogen (secondary N) is 2. The van der Waals surface area contributed by atoms with Gasteiger partial charge in [0.25, 0.3) is 0 Å². The molecule has 0 fully saturated rings. The van der Waals surface area contributed by atoms with Gasteiger partial charge in [0.15, 0.2) is 0 Å². The number of hydrogen-bond acceptors (Lipinski definition) is 2. The van der Waals surface area contributed by atoms with E-state index < -0.39 is 0 Å². The number of nitrogens with zero attached hydrogens (tertiary/aromatic N) is 1. The Morgan fingerprint density at radius 3 is 2.54 bits per heavy atom. The lowest BCUT2D eigenvalue weighted by molar-refractivity contribution is -0.119. The quantitative estimate of drug-likeness (QED) is 0.792. The Kier molecular flexibility index (Phi) is 5.45. The molecular weight excluding hydrogens is 350 g/mol. The molecule has 0 radical (unpaired) electrons. The number of amides is 3. The molecule has 1 atom stereocenters. The van der Waals surface area contributed by atoms with Gasteiger partial charge in [-0.1, -0.05) is 29.8 Å². The minimum Gasteiger partial charge on any atom is -0.333 e. The normalized spacial score (nSPS) is 15.0. The van der Waals surface area contributed by atoms with Gasteiger partial charge in [0, 0.05) is 23.3 Å². The van der Waals surface area contributed by atoms with Crippen LogP contribution in [-0.4, -0.2) is 17.5 Å². The third-order valence-corrected chi connectivity index (χ3v) is 4.87. The van der Waals surface area contributed by atoms with Gasteiger partial charge in [0.1, 0.15) is 0 Å². The maximum atomic E-state index is 12.7. The first-order valence-electron chi connectivity index (χ1n) is 9.75. The highest BCUT2D eigenvalue weighted by Gasteiger charge is 2.29. The van der Waals surface area contributed by atoms with Gasteiger partial charge in [-0.3, -0.25) is 4.79 Å². The lowest BCUT2D eigenvalue weighted by Gasteiger charge is -2.35. The molecule has 2 aromatic carbocycles. The van der Waals surface area contributed by atoms with Crippen molar-refractivity contribution >= 4 is 23.3 Å². The van der Waals surface area contributed by atoms with Crippen molar-refractivity contribution in [2.45, 2.75) is 59.0 Å². The van der Waals surface area contributed by atoms with Gasteiger partial charge in [0.2, 0.25) is 5.91 Å². The number of benzene rings is 2. The zero-order chi connectivity index (χ0) is 20.5. The van der Waals surface area contributed by atoms with Crippen LogP contribution in [0.5, 0.6) is 0 Å². The summed E-state index contributed by atoms with van der Waals surface area (Å²) in [6.07, 6.45) is 1.16. The molecule has 5 nitrogen and oxygen atoms in total. The van der Waals surface area contributed by atoms with E-state index in [0.29, 0.717) is 12.8 Å². The Morgan fingerprint density at radius 2 is 1.86 bits per heavy atom. The van der Waals surface area contributed by atoms with Gasteiger partial charge in [-0.05, 0) is 70.4 Å². The van der Waals surface area contributed by atoms with Crippen molar-refractivity contribution in [3.05, 3.63) is 59.2 Å². The van der Waals surface area contributed by atoms with E-state index in [0.717, 1.165) is 22.5 Å². The third-order valence-electron chi connectivity index (χ3n) is 4.87. The van der Waals surface area contributed by atoms with Crippen molar-refractivity contribution in [2.75, 3.05) is 10.2 Å². The molecule has 0 spiro atoms. The van der Waals surface area contributed by atoms with Crippen LogP contribution in [0, 0.1) is 6.92 Å². The van der Waals surface area contributed by atoms with Crippen molar-refractivity contribution in [2.24, 2.45) is 0 Å². The van der Waals surface area contributed by atoms with Crippen LogP contribution in [0.15, 0.2) is 42.5 Å². The van der Waals surface area contributed by atoms with Crippen LogP contribution >= 0.6 is 0 Å². The van der Waals surface area contributed by atoms with E-state index in [1.165, 1.54) is 5.56 Å². The van der Waals surface area contributed by atoms with Crippen molar-refractivity contribution in [3.63, 3.8) is 0 Å². The van der Waals surface area contributed by atoms with Gasteiger partial charge in [0.05, 0.1) is 6.04 Å². The van der Waals surface area contributed by atoms with Crippen LogP contribution in [-0.2, 0) is 11.2 Å². The minimum atomic E-state index is -0.301. The summed E-state index contributed by atoms with van der Waals surface area (Å²) in [5, 5.41) is 5.78. The molecule has 28 heavy (non-hydrogen) atoms. The number of carbonyl (C=O) groups excluding carboxylic acids is 2. The molecule has 0 saturated carbocycles. The second kappa shape index (κ2) is 7.66. The van der Waals surface area contributed by atoms with Crippen LogP contribution in [0.3, 0.4) is 0 Å². The molecule has 0 aromatic heterocycles. The number of hydrogen-bond donors (Lipinski definition) is 2. The maximum Gasteiger partial charge on any atom is 0.319 e. The predicted molar refractivity (Wildman–Crippen MR) is 114 cm³/mol. The molecule has 0 saturated heterocycles. The third kappa shape index (κ3) is 4.53. The van der Waals surface area contributed by atoms with E-state index in [1.54, 1.807) is 0 Å². The van der Waals surface area contributed by atoms with Crippen molar-refractivity contribution < 1.29 is 9.59 Å². The highest BCUT2D eigenvalue weighted by Crippen LogP contribution is 2.36. The topological polar surface area (TPSA) is 61.4 Å². The fourth-order valence-electron chi connectivity index (χ4n) is 3.60. The number of carbonyl (C=O) groups is 2. The molecule has 3 rings (SSSR count). The zero-order valence-electron chi connectivity index (χ0n) is 17.3. The lowest BCUT2D eigenvalue weighted by atomic mass is 9.96. The average Bonchev–Trinajstić information content (AvgIpc) is 2.59. The van der Waals surface area contributed by atoms with Crippen molar-refractivity contribution in [1.82, 2.24) is 5.32 Å². The summed E-state index contributed by atoms with van der Waals surface area (Å²) >= 11 is 0. The van der Waals surface area contributed by atoms with E-state index in [1.807, 2.05) is 49.9 Å². The van der Waals surface area contributed by atoms with Gasteiger partial charge in [-0.25, -0.2) is 4.79 Å². The number of fused-ring (bicyclic) bond motifs is 1. The van der Waals surface area contributed by atoms with E-state index in [-0.39, 0.29) is 23.5 Å². The first-order chi connectivity index (χ1) is 13.1. The monoisotopic (exact) mass is 379 g/mol. The first kappa shape index (κ1) is 19.9. The molecule has 1 heterocycles. The van der Waals surface area contributed by atoms with Gasteiger partial charge in [-0.2, -0.15) is 0 Å². The number of aryl methyl sites for hydroxylation is 2. The first-order valence-corrected chi connectivity index (χ1v) is 9.75. The summed E-state index contributed by atoms with van der Waals surface area (Å²) in [6.45, 7) is 9.94. The van der Waals surface area contributed by atoms with Crippen LogP contribution in [0.2, 0.25) is 0 Å². The second-order valence-corrected chi connectivity index (χ2v) is 8.53. The summed E-state index contributed by atoms with van der Waals surface area (Å²) in [5.41, 5.74) is 4.73. The Labute approximate surface area is 167 Å². The molecule has 1 aliphatic heterocycles. The number of rotatable bonds is 3. The van der Waals surface area contributed by atoms with Crippen LogP contribution in [0.25, 0.3) is 0 Å². The Balaban J connectivity index is 1.85. The number of anilines is 2. The SMILES string of the molecule is Cc1cccc([C@H](C)N2C(=O)CCc3cc(NC(=O)NC(C)(C)C)ccc32)c1. The van der Waals surface area contributed by atoms with Crippen molar-refractivity contribution in [1.29, 1.82) is 0 Å².